The van der Waals surface area contributed by atoms with Crippen LogP contribution in [-0.2, 0) is 14.3 Å². The number of carbonyl (C=O) groups is 1. The zero-order chi connectivity index (χ0) is 15.5. The summed E-state index contributed by atoms with van der Waals surface area (Å²) >= 11 is 0. The van der Waals surface area contributed by atoms with E-state index in [0.29, 0.717) is 6.61 Å². The van der Waals surface area contributed by atoms with Crippen molar-refractivity contribution in [2.75, 3.05) is 6.61 Å². The number of hydrogen-bond donors (Lipinski definition) is 0. The molecule has 1 rings (SSSR count). The molecule has 0 fully saturated rings. The number of hydrogen-bond acceptors (Lipinski definition) is 3. The molecule has 3 heteroatoms. The Morgan fingerprint density at radius 3 is 2.62 bits per heavy atom. The minimum absolute atomic E-state index is 0.336. The lowest BCUT2D eigenvalue weighted by atomic mass is 10.1. The number of allylic oxidation sites excluding steroid dienone is 2. The molecule has 0 amide bonds. The van der Waals surface area contributed by atoms with E-state index in [1.807, 2.05) is 43.3 Å². The largest absolute Gasteiger partial charge is 0.486 e. The van der Waals surface area contributed by atoms with Gasteiger partial charge in [-0.1, -0.05) is 49.4 Å². The topological polar surface area (TPSA) is 35.5 Å². The molecule has 0 aliphatic rings. The molecular weight excluding hydrogens is 264 g/mol. The highest BCUT2D eigenvalue weighted by atomic mass is 16.6. The first-order valence-corrected chi connectivity index (χ1v) is 7.34. The van der Waals surface area contributed by atoms with Crippen LogP contribution in [0.4, 0.5) is 0 Å². The Kier molecular flexibility index (Phi) is 7.95. The van der Waals surface area contributed by atoms with Gasteiger partial charge in [-0.2, -0.15) is 0 Å². The fraction of sp³-hybridized carbons (Fsp3) is 0.389. The van der Waals surface area contributed by atoms with E-state index >= 15 is 0 Å². The smallest absolute Gasteiger partial charge is 0.347 e. The van der Waals surface area contributed by atoms with Gasteiger partial charge >= 0.3 is 5.97 Å². The molecule has 0 saturated carbocycles. The minimum Gasteiger partial charge on any atom is -0.486 e. The van der Waals surface area contributed by atoms with E-state index in [0.717, 1.165) is 24.0 Å². The average Bonchev–Trinajstić information content (AvgIpc) is 2.52. The summed E-state index contributed by atoms with van der Waals surface area (Å²) in [5.41, 5.74) is 2.05. The quantitative estimate of drug-likeness (QED) is 0.309. The molecule has 1 aromatic rings. The molecular formula is C18H24O3. The highest BCUT2D eigenvalue weighted by molar-refractivity contribution is 5.74. The highest BCUT2D eigenvalue weighted by Gasteiger charge is 2.14. The van der Waals surface area contributed by atoms with E-state index in [4.69, 9.17) is 9.47 Å². The van der Waals surface area contributed by atoms with Gasteiger partial charge in [-0.05, 0) is 37.8 Å². The highest BCUT2D eigenvalue weighted by Crippen LogP contribution is 2.13. The van der Waals surface area contributed by atoms with Crippen LogP contribution in [0.3, 0.4) is 0 Å². The van der Waals surface area contributed by atoms with E-state index in [-0.39, 0.29) is 5.97 Å². The zero-order valence-electron chi connectivity index (χ0n) is 13.0. The lowest BCUT2D eigenvalue weighted by Crippen LogP contribution is -2.22. The van der Waals surface area contributed by atoms with E-state index < -0.39 is 6.10 Å². The minimum atomic E-state index is -0.598. The summed E-state index contributed by atoms with van der Waals surface area (Å²) < 4.78 is 10.6. The van der Waals surface area contributed by atoms with Gasteiger partial charge in [-0.15, -0.1) is 0 Å². The first-order valence-electron chi connectivity index (χ1n) is 7.34. The summed E-state index contributed by atoms with van der Waals surface area (Å²) in [5, 5.41) is 0. The molecule has 3 nitrogen and oxygen atoms in total. The molecule has 21 heavy (non-hydrogen) atoms. The molecule has 0 bridgehead atoms. The van der Waals surface area contributed by atoms with Gasteiger partial charge in [-0.25, -0.2) is 4.79 Å². The van der Waals surface area contributed by atoms with Gasteiger partial charge in [0, 0.05) is 0 Å². The van der Waals surface area contributed by atoms with Crippen molar-refractivity contribution in [1.29, 1.82) is 0 Å². The van der Waals surface area contributed by atoms with E-state index in [1.165, 1.54) is 0 Å². The molecule has 0 spiro atoms. The first-order chi connectivity index (χ1) is 10.1. The predicted octanol–water partition coefficient (Wildman–Crippen LogP) is 4.35. The van der Waals surface area contributed by atoms with E-state index in [9.17, 15) is 4.79 Å². The summed E-state index contributed by atoms with van der Waals surface area (Å²) in [7, 11) is 0. The van der Waals surface area contributed by atoms with Crippen molar-refractivity contribution >= 4 is 11.5 Å². The maximum atomic E-state index is 11.7. The van der Waals surface area contributed by atoms with Crippen LogP contribution in [0.2, 0.25) is 0 Å². The van der Waals surface area contributed by atoms with Gasteiger partial charge in [0.2, 0.25) is 0 Å². The standard InChI is InChI=1S/C18H24O3/c1-4-5-6-10-13-20-18(19)16(3)21-14-15(2)17-11-8-7-9-12-17/h5-9,11-12,14,16H,4,10,13H2,1-3H3/b6-5-,15-14?/t16-/m0/s1. The molecule has 114 valence electrons. The van der Waals surface area contributed by atoms with Crippen molar-refractivity contribution in [2.24, 2.45) is 0 Å². The summed E-state index contributed by atoms with van der Waals surface area (Å²) in [5.74, 6) is -0.336. The van der Waals surface area contributed by atoms with Crippen LogP contribution in [0, 0.1) is 0 Å². The lowest BCUT2D eigenvalue weighted by Gasteiger charge is -2.11. The normalized spacial score (nSPS) is 13.2. The average molecular weight is 288 g/mol. The second-order valence-electron chi connectivity index (χ2n) is 4.78. The third-order valence-electron chi connectivity index (χ3n) is 2.94. The lowest BCUT2D eigenvalue weighted by molar-refractivity contribution is -0.152. The molecule has 1 aromatic carbocycles. The maximum absolute atomic E-state index is 11.7. The second-order valence-corrected chi connectivity index (χ2v) is 4.78. The Morgan fingerprint density at radius 2 is 1.95 bits per heavy atom. The molecule has 0 aliphatic carbocycles. The summed E-state index contributed by atoms with van der Waals surface area (Å²) in [6.07, 6.45) is 6.82. The number of esters is 1. The predicted molar refractivity (Wildman–Crippen MR) is 85.6 cm³/mol. The van der Waals surface area contributed by atoms with Crippen molar-refractivity contribution in [3.63, 3.8) is 0 Å². The fourth-order valence-corrected chi connectivity index (χ4v) is 1.66. The van der Waals surface area contributed by atoms with Gasteiger partial charge in [0.15, 0.2) is 6.10 Å². The first kappa shape index (κ1) is 17.0. The fourth-order valence-electron chi connectivity index (χ4n) is 1.66. The molecule has 0 heterocycles. The molecule has 1 atom stereocenters. The van der Waals surface area contributed by atoms with Crippen LogP contribution in [0.5, 0.6) is 0 Å². The third-order valence-corrected chi connectivity index (χ3v) is 2.94. The van der Waals surface area contributed by atoms with E-state index in [1.54, 1.807) is 13.2 Å². The molecule has 0 unspecified atom stereocenters. The van der Waals surface area contributed by atoms with Crippen LogP contribution in [0.1, 0.15) is 39.2 Å². The molecule has 0 aliphatic heterocycles. The number of benzene rings is 1. The van der Waals surface area contributed by atoms with E-state index in [2.05, 4.69) is 13.0 Å². The number of rotatable bonds is 8. The Balaban J connectivity index is 2.37. The van der Waals surface area contributed by atoms with Crippen LogP contribution in [0.25, 0.3) is 5.57 Å². The van der Waals surface area contributed by atoms with Crippen LogP contribution < -0.4 is 0 Å². The number of carbonyl (C=O) groups excluding carboxylic acids is 1. The van der Waals surface area contributed by atoms with Crippen molar-refractivity contribution in [2.45, 2.75) is 39.7 Å². The zero-order valence-corrected chi connectivity index (χ0v) is 13.0. The van der Waals surface area contributed by atoms with Crippen LogP contribution in [-0.4, -0.2) is 18.7 Å². The molecule has 0 radical (unpaired) electrons. The molecule has 0 saturated heterocycles. The second kappa shape index (κ2) is 9.81. The monoisotopic (exact) mass is 288 g/mol. The maximum Gasteiger partial charge on any atom is 0.347 e. The molecule has 0 aromatic heterocycles. The van der Waals surface area contributed by atoms with Crippen LogP contribution in [0.15, 0.2) is 48.7 Å². The summed E-state index contributed by atoms with van der Waals surface area (Å²) in [6, 6.07) is 9.89. The van der Waals surface area contributed by atoms with Gasteiger partial charge in [0.1, 0.15) is 0 Å². The number of ether oxygens (including phenoxy) is 2. The Morgan fingerprint density at radius 1 is 1.24 bits per heavy atom. The van der Waals surface area contributed by atoms with Crippen molar-refractivity contribution in [1.82, 2.24) is 0 Å². The third kappa shape index (κ3) is 6.80. The van der Waals surface area contributed by atoms with Gasteiger partial charge in [-0.3, -0.25) is 0 Å². The summed E-state index contributed by atoms with van der Waals surface area (Å²) in [4.78, 5) is 11.7. The van der Waals surface area contributed by atoms with Crippen LogP contribution >= 0.6 is 0 Å². The van der Waals surface area contributed by atoms with Crippen molar-refractivity contribution in [3.05, 3.63) is 54.3 Å². The molecule has 0 N–H and O–H groups in total. The Bertz CT molecular complexity index is 474. The SMILES string of the molecule is CC/C=C\CCOC(=O)[C@H](C)OC=C(C)c1ccccc1. The van der Waals surface area contributed by atoms with Crippen molar-refractivity contribution < 1.29 is 14.3 Å². The van der Waals surface area contributed by atoms with Gasteiger partial charge in [0.25, 0.3) is 0 Å². The van der Waals surface area contributed by atoms with Gasteiger partial charge in [0.05, 0.1) is 12.9 Å². The Labute approximate surface area is 127 Å². The van der Waals surface area contributed by atoms with Gasteiger partial charge < -0.3 is 9.47 Å². The van der Waals surface area contributed by atoms with Crippen molar-refractivity contribution in [3.8, 4) is 0 Å². The summed E-state index contributed by atoms with van der Waals surface area (Å²) in [6.45, 7) is 6.10. The Hall–Kier alpha value is -2.03.